The standard InChI is InChI=1S/C14H13P.5CO.Cr/c1-2-6-12(7-3-1)15-13-8-4-5-9-14(15)11-10-13;5*1-2;/h1-11,13-14H;;;;;;/q;;;;;;+5/p+1. The first-order valence-corrected chi connectivity index (χ1v) is 8.08. The van der Waals surface area contributed by atoms with E-state index >= 15 is 0 Å². The molecule has 0 saturated heterocycles. The van der Waals surface area contributed by atoms with Crippen molar-refractivity contribution >= 4 is 13.2 Å². The molecule has 0 saturated carbocycles. The Morgan fingerprint density at radius 2 is 0.923 bits per heavy atom. The fraction of sp³-hybridized carbons (Fsp3) is 0.105. The normalized spacial score (nSPS) is 18.8. The Hall–Kier alpha value is -1.90. The first kappa shape index (κ1) is 31.8. The molecule has 0 amide bonds. The second kappa shape index (κ2) is 25.3. The van der Waals surface area contributed by atoms with Crippen molar-refractivity contribution < 1.29 is 40.6 Å². The monoisotopic (exact) mass is 405 g/mol. The second-order valence-electron chi connectivity index (χ2n) is 4.03. The van der Waals surface area contributed by atoms with Gasteiger partial charge in [0.05, 0.1) is 13.2 Å². The summed E-state index contributed by atoms with van der Waals surface area (Å²) in [6, 6.07) is 11.0. The van der Waals surface area contributed by atoms with Crippen molar-refractivity contribution in [2.45, 2.75) is 11.3 Å². The maximum absolute atomic E-state index is 7.50. The zero-order valence-corrected chi connectivity index (χ0v) is 15.7. The average molecular weight is 405 g/mol. The third-order valence-electron chi connectivity index (χ3n) is 3.10. The molecule has 0 spiro atoms. The molecule has 7 heteroatoms. The summed E-state index contributed by atoms with van der Waals surface area (Å²) in [7, 11) is -0.490. The van der Waals surface area contributed by atoms with Crippen LogP contribution in [0.3, 0.4) is 0 Å². The Labute approximate surface area is 165 Å². The van der Waals surface area contributed by atoms with Crippen molar-refractivity contribution in [1.29, 1.82) is 0 Å². The summed E-state index contributed by atoms with van der Waals surface area (Å²) in [5.74, 6) is 0. The predicted molar refractivity (Wildman–Crippen MR) is 89.0 cm³/mol. The Balaban J connectivity index is -0.000000193. The van der Waals surface area contributed by atoms with Gasteiger partial charge in [0.25, 0.3) is 0 Å². The largest absolute Gasteiger partial charge is 5.00 e. The van der Waals surface area contributed by atoms with Gasteiger partial charge in [-0.05, 0) is 36.4 Å². The third kappa shape index (κ3) is 10.9. The van der Waals surface area contributed by atoms with E-state index in [0.717, 1.165) is 0 Å². The van der Waals surface area contributed by atoms with Gasteiger partial charge in [-0.3, -0.25) is 0 Å². The van der Waals surface area contributed by atoms with Crippen LogP contribution in [0, 0.1) is 33.3 Å². The molecular formula is C19H14CrO5P+6. The minimum atomic E-state index is -0.490. The maximum atomic E-state index is 7.50. The molecule has 0 aromatic heterocycles. The van der Waals surface area contributed by atoms with Crippen molar-refractivity contribution in [3.8, 4) is 0 Å². The number of hydrogen-bond donors (Lipinski definition) is 0. The molecule has 2 heterocycles. The molecular weight excluding hydrogens is 391 g/mol. The van der Waals surface area contributed by atoms with E-state index in [9.17, 15) is 0 Å². The molecule has 1 radical (unpaired) electrons. The minimum Gasteiger partial charge on any atom is 5.00 e. The molecule has 3 rings (SSSR count). The van der Waals surface area contributed by atoms with E-state index < -0.39 is 7.92 Å². The smallest absolute Gasteiger partial charge is 5.00 e. The molecule has 26 heavy (non-hydrogen) atoms. The molecule has 2 aliphatic heterocycles. The van der Waals surface area contributed by atoms with Crippen molar-refractivity contribution in [3.05, 3.63) is 100 Å². The summed E-state index contributed by atoms with van der Waals surface area (Å²) in [4.78, 5) is 0. The number of hydrogen-bond acceptors (Lipinski definition) is 0. The SMILES string of the molecule is C1=CC2C=CC(C=C1)[PH+]2c1ccccc1.[C-]#[O+].[C-]#[O+].[C-]#[O+].[C-]#[O+].[C-]#[O+].[Cr+5]. The van der Waals surface area contributed by atoms with E-state index in [-0.39, 0.29) is 17.4 Å². The van der Waals surface area contributed by atoms with E-state index in [1.165, 1.54) is 0 Å². The maximum Gasteiger partial charge on any atom is 5.00 e. The van der Waals surface area contributed by atoms with Crippen LogP contribution in [0.2, 0.25) is 0 Å². The number of allylic oxidation sites excluding steroid dienone is 6. The number of fused-ring (bicyclic) bond motifs is 2. The summed E-state index contributed by atoms with van der Waals surface area (Å²) in [5.41, 5.74) is 1.36. The Morgan fingerprint density at radius 1 is 0.577 bits per heavy atom. The Morgan fingerprint density at radius 3 is 1.27 bits per heavy atom. The van der Waals surface area contributed by atoms with E-state index in [4.69, 9.17) is 23.3 Å². The van der Waals surface area contributed by atoms with E-state index in [0.29, 0.717) is 11.3 Å². The Bertz CT molecular complexity index is 585. The predicted octanol–water partition coefficient (Wildman–Crippen LogP) is 2.77. The molecule has 2 atom stereocenters. The minimum absolute atomic E-state index is 0. The van der Waals surface area contributed by atoms with Gasteiger partial charge in [-0.25, -0.2) is 0 Å². The van der Waals surface area contributed by atoms with Crippen LogP contribution in [0.5, 0.6) is 0 Å². The van der Waals surface area contributed by atoms with E-state index in [1.54, 1.807) is 5.30 Å². The number of rotatable bonds is 1. The van der Waals surface area contributed by atoms with Crippen LogP contribution in [-0.4, -0.2) is 11.3 Å². The molecule has 125 valence electrons. The number of benzene rings is 1. The van der Waals surface area contributed by atoms with Crippen LogP contribution >= 0.6 is 7.92 Å². The fourth-order valence-electron chi connectivity index (χ4n) is 2.39. The summed E-state index contributed by atoms with van der Waals surface area (Å²) < 4.78 is 37.5. The molecule has 0 aliphatic carbocycles. The quantitative estimate of drug-likeness (QED) is 0.297. The molecule has 2 aliphatic rings. The molecule has 5 nitrogen and oxygen atoms in total. The zero-order chi connectivity index (χ0) is 20.1. The average Bonchev–Trinajstić information content (AvgIpc) is 3.03. The first-order valence-electron chi connectivity index (χ1n) is 6.43. The van der Waals surface area contributed by atoms with Gasteiger partial charge in [0.1, 0.15) is 11.3 Å². The van der Waals surface area contributed by atoms with Crippen LogP contribution in [0.4, 0.5) is 0 Å². The van der Waals surface area contributed by atoms with Gasteiger partial charge in [0.2, 0.25) is 0 Å². The van der Waals surface area contributed by atoms with Gasteiger partial charge >= 0.3 is 73.9 Å². The van der Waals surface area contributed by atoms with E-state index in [1.807, 2.05) is 0 Å². The summed E-state index contributed by atoms with van der Waals surface area (Å²) in [5, 5.41) is 1.55. The van der Waals surface area contributed by atoms with Crippen LogP contribution < -0.4 is 5.30 Å². The third-order valence-corrected chi connectivity index (χ3v) is 6.31. The molecule has 1 aromatic rings. The van der Waals surface area contributed by atoms with Gasteiger partial charge in [-0.15, -0.1) is 0 Å². The van der Waals surface area contributed by atoms with Gasteiger partial charge in [-0.1, -0.05) is 30.4 Å². The second-order valence-corrected chi connectivity index (χ2v) is 6.85. The van der Waals surface area contributed by atoms with Gasteiger partial charge in [0.15, 0.2) is 0 Å². The van der Waals surface area contributed by atoms with Crippen molar-refractivity contribution in [1.82, 2.24) is 0 Å². The van der Waals surface area contributed by atoms with Crippen LogP contribution in [-0.2, 0) is 40.6 Å². The Kier molecular flexibility index (Phi) is 31.0. The summed E-state index contributed by atoms with van der Waals surface area (Å²) in [6.07, 6.45) is 13.9. The van der Waals surface area contributed by atoms with Crippen LogP contribution in [0.25, 0.3) is 0 Å². The summed E-state index contributed by atoms with van der Waals surface area (Å²) >= 11 is 0. The molecule has 2 unspecified atom stereocenters. The fourth-order valence-corrected chi connectivity index (χ4v) is 5.45. The van der Waals surface area contributed by atoms with Gasteiger partial charge in [0, 0.05) is 0 Å². The van der Waals surface area contributed by atoms with Crippen molar-refractivity contribution in [3.63, 3.8) is 0 Å². The van der Waals surface area contributed by atoms with Crippen LogP contribution in [0.15, 0.2) is 66.8 Å². The molecule has 0 fully saturated rings. The van der Waals surface area contributed by atoms with Crippen LogP contribution in [0.1, 0.15) is 0 Å². The zero-order valence-electron chi connectivity index (χ0n) is 13.5. The first-order chi connectivity index (χ1) is 12.4. The topological polar surface area (TPSA) is 99.5 Å². The van der Waals surface area contributed by atoms with Crippen molar-refractivity contribution in [2.24, 2.45) is 0 Å². The molecule has 0 N–H and O–H groups in total. The van der Waals surface area contributed by atoms with E-state index in [2.05, 4.69) is 100 Å². The molecule has 1 aromatic carbocycles. The van der Waals surface area contributed by atoms with Gasteiger partial charge in [-0.2, -0.15) is 0 Å². The van der Waals surface area contributed by atoms with Crippen molar-refractivity contribution in [2.75, 3.05) is 0 Å². The molecule has 2 bridgehead atoms. The summed E-state index contributed by atoms with van der Waals surface area (Å²) in [6.45, 7) is 22.5. The van der Waals surface area contributed by atoms with Gasteiger partial charge < -0.3 is 0 Å².